The first-order valence-corrected chi connectivity index (χ1v) is 32.4. The summed E-state index contributed by atoms with van der Waals surface area (Å²) in [6.45, 7) is 11.9. The molecule has 0 aliphatic rings. The summed E-state index contributed by atoms with van der Waals surface area (Å²) in [6, 6.07) is 99.5. The van der Waals surface area contributed by atoms with Crippen molar-refractivity contribution < 1.29 is 9.47 Å². The smallest absolute Gasteiger partial charge is 0.118 e. The van der Waals surface area contributed by atoms with Gasteiger partial charge in [-0.2, -0.15) is 0 Å². The van der Waals surface area contributed by atoms with Crippen molar-refractivity contribution >= 4 is 129 Å². The topological polar surface area (TPSA) is 18.5 Å². The van der Waals surface area contributed by atoms with Crippen LogP contribution in [0.2, 0.25) is 0 Å². The van der Waals surface area contributed by atoms with Crippen LogP contribution in [-0.2, 0) is 17.3 Å². The predicted molar refractivity (Wildman–Crippen MR) is 396 cm³/mol. The molecule has 0 amide bonds. The number of methoxy groups -OCH3 is 2. The summed E-state index contributed by atoms with van der Waals surface area (Å²) < 4.78 is 11.5. The standard InChI is InChI=1S/C90H66O2/c1-89(2,3)68-41-63-46-75(55-30-34-70(91-6)35-31-55)80-50-62-40-67(72-21-14-15-23-74(72)84(62)85-77(48-64(42-68)81(63)88(80)85)56-32-36-71(92-7)37-33-56)51-90(4,5)69-43-65-47-76(59-27-24-52-16-8-10-19-57(52)38-59)79-45-61-29-26-54-18-12-13-22-73(54)83(61)86-78(49-66(44-69)82(65)87(79)86)60-28-25-53-17-9-11-20-58(53)39-60/h8-50H,51H2,1-7H3. The van der Waals surface area contributed by atoms with Crippen molar-refractivity contribution in [2.45, 2.75) is 51.9 Å². The predicted octanol–water partition coefficient (Wildman–Crippen LogP) is 24.9. The zero-order valence-electron chi connectivity index (χ0n) is 52.8. The lowest BCUT2D eigenvalue weighted by Crippen LogP contribution is -2.21. The van der Waals surface area contributed by atoms with Gasteiger partial charge in [0.2, 0.25) is 0 Å². The van der Waals surface area contributed by atoms with Crippen molar-refractivity contribution in [3.05, 3.63) is 278 Å². The summed E-state index contributed by atoms with van der Waals surface area (Å²) in [5, 5.41) is 30.4. The molecule has 0 heterocycles. The molecule has 0 spiro atoms. The zero-order valence-corrected chi connectivity index (χ0v) is 52.8. The maximum atomic E-state index is 5.79. The molecule has 0 unspecified atom stereocenters. The first-order valence-electron chi connectivity index (χ1n) is 32.4. The van der Waals surface area contributed by atoms with Gasteiger partial charge in [0.25, 0.3) is 0 Å². The fraction of sp³-hybridized carbons (Fsp3) is 0.111. The molecule has 0 aliphatic carbocycles. The van der Waals surface area contributed by atoms with E-state index in [0.717, 1.165) is 29.0 Å². The van der Waals surface area contributed by atoms with Crippen LogP contribution < -0.4 is 9.47 Å². The van der Waals surface area contributed by atoms with Crippen LogP contribution in [0.15, 0.2) is 261 Å². The lowest BCUT2D eigenvalue weighted by atomic mass is 9.75. The molecule has 18 rings (SSSR count). The van der Waals surface area contributed by atoms with Gasteiger partial charge in [-0.1, -0.05) is 223 Å². The molecule has 0 aliphatic heterocycles. The largest absolute Gasteiger partial charge is 0.497 e. The van der Waals surface area contributed by atoms with Crippen LogP contribution in [0.1, 0.15) is 51.3 Å². The first-order chi connectivity index (χ1) is 44.8. The lowest BCUT2D eigenvalue weighted by Gasteiger charge is -2.29. The first kappa shape index (κ1) is 54.2. The van der Waals surface area contributed by atoms with E-state index in [9.17, 15) is 0 Å². The molecule has 0 saturated carbocycles. The SMILES string of the molecule is COc1ccc(-c2cc3cc(C(C)(C)C)cc4cc(-c5ccc(OC)cc5)c5c6c(cc(CC(C)(C)c7cc8cc(-c9ccc%10ccccc%10c9)c9cc%10ccc%11ccccc%11c%10c%10c(-c%11ccc%12ccccc%12c%11)cc(c7)c8c9%10)c7ccccc76)cc2c5c34)cc1. The Balaban J connectivity index is 0.909. The van der Waals surface area contributed by atoms with Gasteiger partial charge in [-0.15, -0.1) is 0 Å². The molecular formula is C90H66O2. The third-order valence-corrected chi connectivity index (χ3v) is 20.7. The van der Waals surface area contributed by atoms with Crippen LogP contribution in [0.3, 0.4) is 0 Å². The van der Waals surface area contributed by atoms with Crippen LogP contribution in [0.4, 0.5) is 0 Å². The maximum absolute atomic E-state index is 5.79. The van der Waals surface area contributed by atoms with E-state index < -0.39 is 0 Å². The second kappa shape index (κ2) is 20.1. The number of rotatable bonds is 9. The minimum absolute atomic E-state index is 0.0662. The van der Waals surface area contributed by atoms with Crippen molar-refractivity contribution in [1.82, 2.24) is 0 Å². The Morgan fingerprint density at radius 1 is 0.250 bits per heavy atom. The Labute approximate surface area is 535 Å². The Morgan fingerprint density at radius 2 is 0.641 bits per heavy atom. The van der Waals surface area contributed by atoms with Gasteiger partial charge < -0.3 is 9.47 Å². The van der Waals surface area contributed by atoms with E-state index in [1.54, 1.807) is 14.2 Å². The van der Waals surface area contributed by atoms with E-state index in [1.165, 1.54) is 179 Å². The van der Waals surface area contributed by atoms with E-state index in [4.69, 9.17) is 9.47 Å². The summed E-state index contributed by atoms with van der Waals surface area (Å²) in [6.07, 6.45) is 0.806. The molecule has 0 N–H and O–H groups in total. The summed E-state index contributed by atoms with van der Waals surface area (Å²) in [5.74, 6) is 1.68. The lowest BCUT2D eigenvalue weighted by molar-refractivity contribution is 0.415. The van der Waals surface area contributed by atoms with Gasteiger partial charge in [0.05, 0.1) is 14.2 Å². The monoisotopic (exact) mass is 1180 g/mol. The van der Waals surface area contributed by atoms with Gasteiger partial charge >= 0.3 is 0 Å². The molecule has 0 radical (unpaired) electrons. The van der Waals surface area contributed by atoms with E-state index in [2.05, 4.69) is 295 Å². The third kappa shape index (κ3) is 8.32. The van der Waals surface area contributed by atoms with Crippen LogP contribution in [-0.4, -0.2) is 14.2 Å². The molecule has 2 heteroatoms. The fourth-order valence-corrected chi connectivity index (χ4v) is 16.1. The van der Waals surface area contributed by atoms with Crippen LogP contribution in [0.25, 0.3) is 174 Å². The highest BCUT2D eigenvalue weighted by Gasteiger charge is 2.29. The minimum atomic E-state index is -0.334. The molecule has 0 bridgehead atoms. The van der Waals surface area contributed by atoms with Crippen molar-refractivity contribution in [3.63, 3.8) is 0 Å². The Morgan fingerprint density at radius 3 is 1.20 bits per heavy atom. The molecule has 92 heavy (non-hydrogen) atoms. The number of ether oxygens (including phenoxy) is 2. The van der Waals surface area contributed by atoms with E-state index in [0.29, 0.717) is 0 Å². The molecule has 0 fully saturated rings. The molecular weight excluding hydrogens is 1110 g/mol. The van der Waals surface area contributed by atoms with Crippen molar-refractivity contribution in [1.29, 1.82) is 0 Å². The highest BCUT2D eigenvalue weighted by atomic mass is 16.5. The molecule has 438 valence electrons. The van der Waals surface area contributed by atoms with Gasteiger partial charge in [0.15, 0.2) is 0 Å². The maximum Gasteiger partial charge on any atom is 0.118 e. The number of benzene rings is 18. The van der Waals surface area contributed by atoms with Crippen molar-refractivity contribution in [2.75, 3.05) is 14.2 Å². The van der Waals surface area contributed by atoms with Crippen LogP contribution >= 0.6 is 0 Å². The second-order valence-electron chi connectivity index (χ2n) is 27.6. The molecule has 2 nitrogen and oxygen atoms in total. The summed E-state index contributed by atoms with van der Waals surface area (Å²) in [7, 11) is 3.49. The number of hydrogen-bond donors (Lipinski definition) is 0. The van der Waals surface area contributed by atoms with E-state index in [1.807, 2.05) is 0 Å². The van der Waals surface area contributed by atoms with E-state index in [-0.39, 0.29) is 10.8 Å². The van der Waals surface area contributed by atoms with Gasteiger partial charge in [-0.25, -0.2) is 0 Å². The van der Waals surface area contributed by atoms with Crippen LogP contribution in [0.5, 0.6) is 11.5 Å². The van der Waals surface area contributed by atoms with Crippen molar-refractivity contribution in [3.8, 4) is 56.0 Å². The molecule has 0 atom stereocenters. The zero-order chi connectivity index (χ0) is 61.9. The normalized spacial score (nSPS) is 12.6. The summed E-state index contributed by atoms with van der Waals surface area (Å²) in [5.41, 5.74) is 13.2. The van der Waals surface area contributed by atoms with Gasteiger partial charge in [-0.05, 0) is 281 Å². The Kier molecular flexibility index (Phi) is 11.8. The number of fused-ring (bicyclic) bond motifs is 10. The minimum Gasteiger partial charge on any atom is -0.497 e. The summed E-state index contributed by atoms with van der Waals surface area (Å²) in [4.78, 5) is 0. The average Bonchev–Trinajstić information content (AvgIpc) is 0.703. The highest BCUT2D eigenvalue weighted by Crippen LogP contribution is 2.53. The number of hydrogen-bond acceptors (Lipinski definition) is 2. The molecule has 18 aromatic carbocycles. The fourth-order valence-electron chi connectivity index (χ4n) is 16.1. The molecule has 0 aromatic heterocycles. The van der Waals surface area contributed by atoms with Crippen LogP contribution in [0, 0.1) is 0 Å². The second-order valence-corrected chi connectivity index (χ2v) is 27.6. The Bertz CT molecular complexity index is 6060. The molecule has 0 saturated heterocycles. The van der Waals surface area contributed by atoms with Gasteiger partial charge in [0.1, 0.15) is 11.5 Å². The Hall–Kier alpha value is -10.8. The van der Waals surface area contributed by atoms with Crippen molar-refractivity contribution in [2.24, 2.45) is 0 Å². The average molecular weight is 1180 g/mol. The van der Waals surface area contributed by atoms with Gasteiger partial charge in [0, 0.05) is 0 Å². The van der Waals surface area contributed by atoms with Gasteiger partial charge in [-0.3, -0.25) is 0 Å². The third-order valence-electron chi connectivity index (χ3n) is 20.7. The summed E-state index contributed by atoms with van der Waals surface area (Å²) >= 11 is 0. The highest BCUT2D eigenvalue weighted by molar-refractivity contribution is 6.40. The molecule has 18 aromatic rings. The van der Waals surface area contributed by atoms with E-state index >= 15 is 0 Å². The quantitative estimate of drug-likeness (QED) is 0.106.